The maximum absolute atomic E-state index is 14.7. The number of ether oxygens (including phenoxy) is 3. The zero-order chi connectivity index (χ0) is 49.0. The predicted molar refractivity (Wildman–Crippen MR) is 276 cm³/mol. The van der Waals surface area contributed by atoms with Gasteiger partial charge in [-0.3, -0.25) is 9.59 Å². The summed E-state index contributed by atoms with van der Waals surface area (Å²) in [5.41, 5.74) is 3.30. The maximum atomic E-state index is 14.7. The molecule has 0 saturated heterocycles. The Bertz CT molecular complexity index is 1700. The fourth-order valence-corrected chi connectivity index (χ4v) is 22.7. The lowest BCUT2D eigenvalue weighted by Crippen LogP contribution is -2.53. The summed E-state index contributed by atoms with van der Waals surface area (Å²) in [7, 11) is -7.29. The number of cyclic esters (lactones) is 1. The highest BCUT2D eigenvalue weighted by Gasteiger charge is 2.52. The van der Waals surface area contributed by atoms with Gasteiger partial charge in [0.25, 0.3) is 16.6 Å². The lowest BCUT2D eigenvalue weighted by molar-refractivity contribution is -0.168. The predicted octanol–water partition coefficient (Wildman–Crippen LogP) is 14.8. The van der Waals surface area contributed by atoms with Crippen molar-refractivity contribution in [2.45, 2.75) is 240 Å². The quantitative estimate of drug-likeness (QED) is 0.0486. The molecule has 0 N–H and O–H groups in total. The van der Waals surface area contributed by atoms with Gasteiger partial charge in [-0.1, -0.05) is 153 Å². The third-order valence-electron chi connectivity index (χ3n) is 15.1. The van der Waals surface area contributed by atoms with Crippen LogP contribution in [0.25, 0.3) is 0 Å². The minimum absolute atomic E-state index is 0.0553. The maximum Gasteiger partial charge on any atom is 0.342 e. The van der Waals surface area contributed by atoms with Gasteiger partial charge in [-0.25, -0.2) is 4.79 Å². The summed E-state index contributed by atoms with van der Waals surface area (Å²) in [5.74, 6) is -0.511. The molecule has 9 nitrogen and oxygen atoms in total. The summed E-state index contributed by atoms with van der Waals surface area (Å²) in [5, 5.41) is -0.0553. The summed E-state index contributed by atoms with van der Waals surface area (Å²) in [6.45, 7) is 49.2. The number of hydrogen-bond donors (Lipinski definition) is 0. The van der Waals surface area contributed by atoms with Crippen LogP contribution < -0.4 is 8.85 Å². The number of carbonyl (C=O) groups is 3. The Morgan fingerprint density at radius 3 is 1.60 bits per heavy atom. The molecular weight excluding hydrogens is 956 g/mol. The third-order valence-corrected chi connectivity index (χ3v) is 32.0. The normalized spacial score (nSPS) is 17.7. The van der Waals surface area contributed by atoms with Crippen LogP contribution in [0.15, 0.2) is 16.2 Å². The lowest BCUT2D eigenvalue weighted by Gasteiger charge is -2.47. The molecule has 1 heterocycles. The van der Waals surface area contributed by atoms with E-state index in [2.05, 4.69) is 166 Å². The second kappa shape index (κ2) is 22.4. The molecule has 1 aliphatic rings. The topological polar surface area (TPSA) is 107 Å². The molecule has 0 aromatic heterocycles. The van der Waals surface area contributed by atoms with E-state index < -0.39 is 72.5 Å². The van der Waals surface area contributed by atoms with E-state index in [4.69, 9.17) is 27.5 Å². The average molecular weight is 1050 g/mol. The lowest BCUT2D eigenvalue weighted by atomic mass is 9.75. The van der Waals surface area contributed by atoms with Gasteiger partial charge in [0.05, 0.1) is 6.10 Å². The summed E-state index contributed by atoms with van der Waals surface area (Å²) >= 11 is 2.22. The van der Waals surface area contributed by atoms with Gasteiger partial charge in [0.15, 0.2) is 8.32 Å². The van der Waals surface area contributed by atoms with Gasteiger partial charge >= 0.3 is 17.9 Å². The van der Waals surface area contributed by atoms with Crippen LogP contribution in [0, 0.1) is 18.3 Å². The van der Waals surface area contributed by atoms with Crippen LogP contribution in [0.4, 0.5) is 0 Å². The number of halogens is 1. The molecule has 2 rings (SSSR count). The molecule has 1 aliphatic heterocycles. The SMILES string of the molecule is CC(=O)O[C@@H](C[C@@H](OC(C)=O)C(C)(C)[C@@H](C/C=C/I)O[Si](C)(C)C(C)(C)C)[C@H](C)[C@H]1Cc2c(C)c(O[Si](C(C)C)(C(C)C)C(C)C)cc(O[Si](C(C)C)(C(C)C)C(C)C)c2C(=O)O1. The molecule has 0 spiro atoms. The largest absolute Gasteiger partial charge is 0.542 e. The Labute approximate surface area is 401 Å². The Morgan fingerprint density at radius 2 is 1.21 bits per heavy atom. The van der Waals surface area contributed by atoms with Crippen molar-refractivity contribution in [2.24, 2.45) is 11.3 Å². The van der Waals surface area contributed by atoms with Gasteiger partial charge in [-0.2, -0.15) is 0 Å². The molecule has 0 unspecified atom stereocenters. The van der Waals surface area contributed by atoms with E-state index in [0.29, 0.717) is 40.8 Å². The van der Waals surface area contributed by atoms with E-state index >= 15 is 0 Å². The van der Waals surface area contributed by atoms with Gasteiger partial charge in [-0.15, -0.1) is 0 Å². The fraction of sp³-hybridized carbons (Fsp3) is 0.780. The van der Waals surface area contributed by atoms with E-state index in [9.17, 15) is 14.4 Å². The van der Waals surface area contributed by atoms with E-state index in [1.807, 2.05) is 17.1 Å². The molecule has 0 aliphatic carbocycles. The molecule has 5 atom stereocenters. The van der Waals surface area contributed by atoms with Crippen molar-refractivity contribution in [2.75, 3.05) is 0 Å². The molecule has 0 fully saturated rings. The summed E-state index contributed by atoms with van der Waals surface area (Å²) < 4.78 is 42.8. The number of fused-ring (bicyclic) bond motifs is 1. The Balaban J connectivity index is 2.91. The second-order valence-electron chi connectivity index (χ2n) is 22.5. The van der Waals surface area contributed by atoms with Crippen LogP contribution in [0.2, 0.25) is 51.4 Å². The van der Waals surface area contributed by atoms with Crippen molar-refractivity contribution < 1.29 is 41.9 Å². The molecule has 0 radical (unpaired) electrons. The van der Waals surface area contributed by atoms with Crippen molar-refractivity contribution in [3.05, 3.63) is 32.9 Å². The zero-order valence-electron chi connectivity index (χ0n) is 43.8. The van der Waals surface area contributed by atoms with Crippen LogP contribution in [-0.4, -0.2) is 67.3 Å². The highest BCUT2D eigenvalue weighted by atomic mass is 127. The smallest absolute Gasteiger partial charge is 0.342 e. The number of esters is 3. The van der Waals surface area contributed by atoms with Gasteiger partial charge in [0.1, 0.15) is 35.4 Å². The van der Waals surface area contributed by atoms with Crippen molar-refractivity contribution in [3.8, 4) is 11.5 Å². The van der Waals surface area contributed by atoms with Crippen molar-refractivity contribution in [1.29, 1.82) is 0 Å². The van der Waals surface area contributed by atoms with Crippen LogP contribution in [0.3, 0.4) is 0 Å². The Hall–Kier alpha value is -1.69. The minimum atomic E-state index is -2.55. The molecule has 0 amide bonds. The molecule has 0 bridgehead atoms. The van der Waals surface area contributed by atoms with Gasteiger partial charge in [0, 0.05) is 44.1 Å². The first-order valence-electron chi connectivity index (χ1n) is 23.7. The molecule has 63 heavy (non-hydrogen) atoms. The first kappa shape index (κ1) is 57.4. The number of carbonyl (C=O) groups excluding carboxylic acids is 3. The van der Waals surface area contributed by atoms with Crippen LogP contribution in [0.5, 0.6) is 11.5 Å². The Morgan fingerprint density at radius 1 is 0.762 bits per heavy atom. The van der Waals surface area contributed by atoms with Gasteiger partial charge in [0.2, 0.25) is 0 Å². The standard InChI is InChI=1S/C50H89IO9Si3/c1-30(2)62(31(3)4,32(5)6)58-43-28-44(59-63(33(7)8,34(9)10)35(11)12)47-40(36(43)13)27-41(57-48(47)54)37(14)42(55-38(15)52)29-46(56-39(16)53)50(20,21)45(25-24-26-51)60-61(22,23)49(17,18)19/h24,26,28,30-35,37,41-42,45-46H,25,27,29H2,1-23H3/b26-24+/t37-,41-,42+,45-,46-/m1/s1. The van der Waals surface area contributed by atoms with E-state index in [1.165, 1.54) is 13.8 Å². The molecule has 1 aromatic rings. The van der Waals surface area contributed by atoms with Crippen LogP contribution >= 0.6 is 22.6 Å². The minimum Gasteiger partial charge on any atom is -0.542 e. The van der Waals surface area contributed by atoms with Crippen LogP contribution in [0.1, 0.15) is 173 Å². The molecule has 362 valence electrons. The monoisotopic (exact) mass is 1040 g/mol. The van der Waals surface area contributed by atoms with E-state index in [0.717, 1.165) is 16.9 Å². The van der Waals surface area contributed by atoms with E-state index in [-0.39, 0.29) is 34.2 Å². The Kier molecular flexibility index (Phi) is 20.4. The summed E-state index contributed by atoms with van der Waals surface area (Å²) in [4.78, 5) is 40.7. The molecule has 0 saturated carbocycles. The third kappa shape index (κ3) is 12.9. The van der Waals surface area contributed by atoms with Gasteiger partial charge < -0.3 is 27.5 Å². The first-order valence-corrected chi connectivity index (χ1v) is 32.1. The van der Waals surface area contributed by atoms with Crippen molar-refractivity contribution in [1.82, 2.24) is 0 Å². The second-order valence-corrected chi connectivity index (χ2v) is 38.7. The first-order chi connectivity index (χ1) is 28.7. The average Bonchev–Trinajstić information content (AvgIpc) is 3.12. The van der Waals surface area contributed by atoms with Crippen molar-refractivity contribution >= 4 is 65.5 Å². The number of rotatable bonds is 22. The molecule has 13 heteroatoms. The molecule has 1 aromatic carbocycles. The summed E-state index contributed by atoms with van der Waals surface area (Å²) in [6, 6.07) is 2.01. The van der Waals surface area contributed by atoms with E-state index in [1.54, 1.807) is 0 Å². The molecular formula is C50H89IO9Si3. The summed E-state index contributed by atoms with van der Waals surface area (Å²) in [6.07, 6.45) is 0.822. The number of hydrogen-bond acceptors (Lipinski definition) is 9. The highest BCUT2D eigenvalue weighted by molar-refractivity contribution is 14.1. The van der Waals surface area contributed by atoms with Crippen molar-refractivity contribution in [3.63, 3.8) is 0 Å². The zero-order valence-corrected chi connectivity index (χ0v) is 48.9. The number of benzene rings is 1. The van der Waals surface area contributed by atoms with Gasteiger partial charge in [-0.05, 0) is 79.9 Å². The highest BCUT2D eigenvalue weighted by Crippen LogP contribution is 2.50. The van der Waals surface area contributed by atoms with Crippen LogP contribution in [-0.2, 0) is 34.6 Å². The fourth-order valence-electron chi connectivity index (χ4n) is 10.4.